The van der Waals surface area contributed by atoms with E-state index in [9.17, 15) is 69.1 Å². The number of carbonyl (C=O) groups is 2. The Bertz CT molecular complexity index is 1450. The van der Waals surface area contributed by atoms with Crippen molar-refractivity contribution in [2.24, 2.45) is 11.8 Å². The molecule has 1 saturated carbocycles. The van der Waals surface area contributed by atoms with Crippen LogP contribution in [0.5, 0.6) is 0 Å². The smallest absolute Gasteiger partial charge is 0.462 e. The Hall–Kier alpha value is -1.38. The normalized spacial score (nSPS) is 32.2. The largest absolute Gasteiger partial charge is 0.472 e. The van der Waals surface area contributed by atoms with Crippen molar-refractivity contribution < 1.29 is 92.2 Å². The Morgan fingerprint density at radius 2 is 1.35 bits per heavy atom. The summed E-state index contributed by atoms with van der Waals surface area (Å²) >= 11 is 0. The van der Waals surface area contributed by atoms with Crippen molar-refractivity contribution >= 4 is 27.6 Å². The van der Waals surface area contributed by atoms with E-state index >= 15 is 0 Å². The molecule has 10 N–H and O–H groups in total. The number of cyclic esters (lactones) is 1. The van der Waals surface area contributed by atoms with Crippen LogP contribution in [-0.4, -0.2) is 137 Å². The maximum Gasteiger partial charge on any atom is 0.472 e. The van der Waals surface area contributed by atoms with E-state index in [0.29, 0.717) is 38.5 Å². The van der Waals surface area contributed by atoms with Gasteiger partial charge in [-0.25, -0.2) is 9.13 Å². The Labute approximate surface area is 391 Å². The molecule has 2 fully saturated rings. The van der Waals surface area contributed by atoms with Gasteiger partial charge in [0.15, 0.2) is 6.10 Å². The molecule has 1 heterocycles. The molecule has 388 valence electrons. The first-order valence-corrected chi connectivity index (χ1v) is 27.5. The quantitative estimate of drug-likeness (QED) is 0.0259. The summed E-state index contributed by atoms with van der Waals surface area (Å²) in [5.74, 6) is -4.36. The van der Waals surface area contributed by atoms with Gasteiger partial charge in [0.05, 0.1) is 37.1 Å². The fourth-order valence-corrected chi connectivity index (χ4v) is 10.1. The molecule has 1 saturated heterocycles. The number of ether oxygens (including phenoxy) is 2. The Morgan fingerprint density at radius 3 is 1.95 bits per heavy atom. The van der Waals surface area contributed by atoms with Gasteiger partial charge in [-0.1, -0.05) is 142 Å². The summed E-state index contributed by atoms with van der Waals surface area (Å²) in [5.41, 5.74) is 0. The first kappa shape index (κ1) is 60.7. The molecule has 21 heteroatoms. The highest BCUT2D eigenvalue weighted by atomic mass is 31.2. The third-order valence-electron chi connectivity index (χ3n) is 12.4. The maximum absolute atomic E-state index is 13.7. The molecule has 2 aliphatic rings. The number of unbranched alkanes of at least 4 members (excludes halogenated alkanes) is 14. The first-order valence-electron chi connectivity index (χ1n) is 24.5. The number of hydrogen-bond donors (Lipinski definition) is 10. The van der Waals surface area contributed by atoms with Crippen molar-refractivity contribution in [1.29, 1.82) is 0 Å². The van der Waals surface area contributed by atoms with Gasteiger partial charge in [-0.3, -0.25) is 23.2 Å². The molecular weight excluding hydrogens is 906 g/mol. The summed E-state index contributed by atoms with van der Waals surface area (Å²) in [6.45, 7) is 2.60. The van der Waals surface area contributed by atoms with Crippen molar-refractivity contribution in [1.82, 2.24) is 0 Å². The topological polar surface area (TPSA) is 317 Å². The summed E-state index contributed by atoms with van der Waals surface area (Å²) < 4.78 is 52.3. The van der Waals surface area contributed by atoms with Gasteiger partial charge in [0, 0.05) is 31.1 Å². The molecular formula is C45H84O19P2. The Kier molecular flexibility index (Phi) is 30.6. The number of fused-ring (bicyclic) bond motifs is 4. The lowest BCUT2D eigenvalue weighted by molar-refractivity contribution is -0.165. The summed E-state index contributed by atoms with van der Waals surface area (Å²) in [4.78, 5) is 56.7. The van der Waals surface area contributed by atoms with E-state index in [1.165, 1.54) is 51.0 Å². The highest BCUT2D eigenvalue weighted by Gasteiger charge is 2.51. The number of phosphoric acid groups is 2. The molecule has 0 aromatic rings. The van der Waals surface area contributed by atoms with Crippen LogP contribution >= 0.6 is 15.6 Å². The molecule has 19 nitrogen and oxygen atoms in total. The average molecular weight is 991 g/mol. The Morgan fingerprint density at radius 1 is 0.773 bits per heavy atom. The predicted molar refractivity (Wildman–Crippen MR) is 243 cm³/mol. The van der Waals surface area contributed by atoms with Crippen LogP contribution in [0.15, 0.2) is 12.2 Å². The van der Waals surface area contributed by atoms with Crippen molar-refractivity contribution in [2.75, 3.05) is 13.2 Å². The second kappa shape index (κ2) is 33.2. The molecule has 1 unspecified atom stereocenters. The van der Waals surface area contributed by atoms with Crippen molar-refractivity contribution in [3.63, 3.8) is 0 Å². The van der Waals surface area contributed by atoms with Gasteiger partial charge in [-0.2, -0.15) is 0 Å². The van der Waals surface area contributed by atoms with E-state index in [0.717, 1.165) is 51.0 Å². The fourth-order valence-electron chi connectivity index (χ4n) is 8.53. The standard InChI is InChI=1S/C45H84O19P2/c1-3-5-7-8-9-10-11-12-13-14-15-16-22-26-39(50)62-33-30-60-38(49)25-21-18-17-20-24-34-36(47)29-37(48)35(28-27-32(46)23-19-6-4-2)41(52)44(63-65(55,56)57)45(43(54)42(53)40(34)51)64-66(58,59)61-31-33/h27-28,32-37,40-48,51-54H,3-26,29-31H2,1-2H3,(H,58,59)(H2,55,56,57)/b28-27+/t32-,33+,34-,35-,36-,37+,40+,41+,42-,43+,44+,45-/m0/s1. The van der Waals surface area contributed by atoms with Crippen molar-refractivity contribution in [3.8, 4) is 0 Å². The summed E-state index contributed by atoms with van der Waals surface area (Å²) in [6.07, 6.45) is -0.804. The van der Waals surface area contributed by atoms with Crippen LogP contribution < -0.4 is 0 Å². The second-order valence-corrected chi connectivity index (χ2v) is 20.8. The Balaban J connectivity index is 2.39. The van der Waals surface area contributed by atoms with Crippen LogP contribution in [0.2, 0.25) is 0 Å². The molecule has 66 heavy (non-hydrogen) atoms. The van der Waals surface area contributed by atoms with Crippen LogP contribution in [-0.2, 0) is 41.8 Å². The van der Waals surface area contributed by atoms with E-state index < -0.39 is 120 Å². The number of rotatable bonds is 23. The molecule has 0 aromatic carbocycles. The van der Waals surface area contributed by atoms with Gasteiger partial charge in [0.25, 0.3) is 0 Å². The number of aliphatic hydroxyl groups excluding tert-OH is 7. The average Bonchev–Trinajstić information content (AvgIpc) is 3.25. The first-order chi connectivity index (χ1) is 31.3. The molecule has 0 spiro atoms. The third-order valence-corrected chi connectivity index (χ3v) is 13.9. The lowest BCUT2D eigenvalue weighted by Gasteiger charge is -2.39. The van der Waals surface area contributed by atoms with Crippen LogP contribution in [0.3, 0.4) is 0 Å². The van der Waals surface area contributed by atoms with Crippen molar-refractivity contribution in [3.05, 3.63) is 12.2 Å². The zero-order valence-electron chi connectivity index (χ0n) is 39.2. The predicted octanol–water partition coefficient (Wildman–Crippen LogP) is 5.56. The molecule has 1 aliphatic carbocycles. The SMILES string of the molecule is CCCCCCCCCCCCCCCC(=O)O[C@@H]1COC(=O)CCCCCC[C@@H]2[C@@H](O)[C@H](O)[C@@H](O)[C@H](OP(=O)(O)OC1)[C@H](OP(=O)(O)O)[C@H](O)[C@@H](/C=C/[C@@H](O)CCCCC)[C@H](O)C[C@@H]2O. The number of esters is 2. The summed E-state index contributed by atoms with van der Waals surface area (Å²) in [5, 5.41) is 79.9. The monoisotopic (exact) mass is 991 g/mol. The molecule has 2 bridgehead atoms. The molecule has 0 radical (unpaired) electrons. The second-order valence-electron chi connectivity index (χ2n) is 18.2. The van der Waals surface area contributed by atoms with Crippen LogP contribution in [0, 0.1) is 11.8 Å². The van der Waals surface area contributed by atoms with Gasteiger partial charge in [0.1, 0.15) is 31.0 Å². The highest BCUT2D eigenvalue weighted by Crippen LogP contribution is 2.50. The van der Waals surface area contributed by atoms with E-state index in [1.54, 1.807) is 0 Å². The zero-order chi connectivity index (χ0) is 49.1. The highest BCUT2D eigenvalue weighted by molar-refractivity contribution is 7.47. The zero-order valence-corrected chi connectivity index (χ0v) is 41.0. The number of hydrogen-bond acceptors (Lipinski definition) is 16. The molecule has 2 rings (SSSR count). The van der Waals surface area contributed by atoms with Gasteiger partial charge in [-0.05, 0) is 25.7 Å². The number of carbonyl (C=O) groups excluding carboxylic acids is 2. The number of aliphatic hydroxyl groups is 7. The van der Waals surface area contributed by atoms with Gasteiger partial charge >= 0.3 is 27.6 Å². The van der Waals surface area contributed by atoms with Crippen LogP contribution in [0.1, 0.15) is 174 Å². The minimum atomic E-state index is -5.75. The van der Waals surface area contributed by atoms with E-state index in [2.05, 4.69) is 6.92 Å². The summed E-state index contributed by atoms with van der Waals surface area (Å²) in [7, 11) is -11.4. The van der Waals surface area contributed by atoms with Gasteiger partial charge < -0.3 is 59.9 Å². The van der Waals surface area contributed by atoms with Gasteiger partial charge in [-0.15, -0.1) is 0 Å². The molecule has 1 aliphatic heterocycles. The molecule has 0 amide bonds. The van der Waals surface area contributed by atoms with E-state index in [4.69, 9.17) is 23.0 Å². The minimum absolute atomic E-state index is 0.0177. The fraction of sp³-hybridized carbons (Fsp3) is 0.911. The third kappa shape index (κ3) is 25.0. The van der Waals surface area contributed by atoms with E-state index in [-0.39, 0.29) is 25.7 Å². The minimum Gasteiger partial charge on any atom is -0.462 e. The van der Waals surface area contributed by atoms with Crippen molar-refractivity contribution in [2.45, 2.75) is 235 Å². The van der Waals surface area contributed by atoms with Crippen LogP contribution in [0.4, 0.5) is 0 Å². The van der Waals surface area contributed by atoms with Gasteiger partial charge in [0.2, 0.25) is 0 Å². The maximum atomic E-state index is 13.7. The van der Waals surface area contributed by atoms with Crippen LogP contribution in [0.25, 0.3) is 0 Å². The van der Waals surface area contributed by atoms with E-state index in [1.807, 2.05) is 6.92 Å². The lowest BCUT2D eigenvalue weighted by Crippen LogP contribution is -2.56. The number of phosphoric ester groups is 2. The molecule has 0 aromatic heterocycles. The molecule has 13 atom stereocenters. The lowest BCUT2D eigenvalue weighted by atomic mass is 9.82. The summed E-state index contributed by atoms with van der Waals surface area (Å²) in [6, 6.07) is 0.